The van der Waals surface area contributed by atoms with Crippen LogP contribution >= 0.6 is 0 Å². The van der Waals surface area contributed by atoms with E-state index in [1.807, 2.05) is 18.2 Å². The summed E-state index contributed by atoms with van der Waals surface area (Å²) < 4.78 is 6.34. The van der Waals surface area contributed by atoms with Gasteiger partial charge in [-0.1, -0.05) is 12.1 Å². The monoisotopic (exact) mass is 410 g/mol. The molecule has 1 aromatic carbocycles. The van der Waals surface area contributed by atoms with Crippen molar-refractivity contribution in [2.45, 2.75) is 31.4 Å². The molecular formula is C22H26N4O4. The molecule has 1 saturated heterocycles. The third kappa shape index (κ3) is 3.88. The second-order valence-electron chi connectivity index (χ2n) is 7.71. The van der Waals surface area contributed by atoms with Crippen molar-refractivity contribution in [3.05, 3.63) is 47.7 Å². The Hall–Kier alpha value is -2.97. The van der Waals surface area contributed by atoms with Gasteiger partial charge in [0.25, 0.3) is 5.91 Å². The maximum Gasteiger partial charge on any atom is 0.251 e. The van der Waals surface area contributed by atoms with E-state index in [2.05, 4.69) is 20.9 Å². The first-order valence-electron chi connectivity index (χ1n) is 10.2. The largest absolute Gasteiger partial charge is 0.483 e. The van der Waals surface area contributed by atoms with E-state index in [1.54, 1.807) is 18.3 Å². The van der Waals surface area contributed by atoms with E-state index in [1.165, 1.54) is 6.92 Å². The van der Waals surface area contributed by atoms with Crippen LogP contribution in [-0.2, 0) is 4.79 Å². The molecule has 30 heavy (non-hydrogen) atoms. The van der Waals surface area contributed by atoms with Gasteiger partial charge in [0.2, 0.25) is 5.91 Å². The van der Waals surface area contributed by atoms with Gasteiger partial charge in [0.15, 0.2) is 0 Å². The molecule has 0 radical (unpaired) electrons. The fraction of sp³-hybridized carbons (Fsp3) is 0.409. The van der Waals surface area contributed by atoms with Crippen LogP contribution in [0.2, 0.25) is 0 Å². The lowest BCUT2D eigenvalue weighted by molar-refractivity contribution is -0.121. The van der Waals surface area contributed by atoms with E-state index in [-0.39, 0.29) is 31.0 Å². The SMILES string of the molecule is CC(=O)NC1c2cc(-c3ccc(C(=O)NCCO)cc3)ncc2OC12CCNCC2. The van der Waals surface area contributed by atoms with Crippen molar-refractivity contribution < 1.29 is 19.4 Å². The number of hydrogen-bond acceptors (Lipinski definition) is 6. The number of nitrogens with one attached hydrogen (secondary N) is 3. The lowest BCUT2D eigenvalue weighted by Gasteiger charge is -2.38. The molecule has 2 aliphatic rings. The quantitative estimate of drug-likeness (QED) is 0.589. The summed E-state index contributed by atoms with van der Waals surface area (Å²) in [6, 6.07) is 8.88. The Morgan fingerprint density at radius 3 is 2.67 bits per heavy atom. The number of carbonyl (C=O) groups excluding carboxylic acids is 2. The number of amides is 2. The van der Waals surface area contributed by atoms with Gasteiger partial charge in [0, 0.05) is 43.0 Å². The van der Waals surface area contributed by atoms with Crippen molar-refractivity contribution in [1.29, 1.82) is 0 Å². The van der Waals surface area contributed by atoms with Crippen molar-refractivity contribution in [2.24, 2.45) is 0 Å². The number of aliphatic hydroxyl groups excluding tert-OH is 1. The van der Waals surface area contributed by atoms with Crippen LogP contribution in [0.15, 0.2) is 36.5 Å². The molecule has 3 heterocycles. The number of aliphatic hydroxyl groups is 1. The van der Waals surface area contributed by atoms with Crippen molar-refractivity contribution in [3.63, 3.8) is 0 Å². The first kappa shape index (κ1) is 20.3. The Labute approximate surface area is 175 Å². The van der Waals surface area contributed by atoms with Gasteiger partial charge in [-0.15, -0.1) is 0 Å². The van der Waals surface area contributed by atoms with Crippen LogP contribution in [0.5, 0.6) is 5.75 Å². The molecule has 2 aliphatic heterocycles. The number of hydrogen-bond donors (Lipinski definition) is 4. The van der Waals surface area contributed by atoms with Crippen molar-refractivity contribution in [2.75, 3.05) is 26.2 Å². The highest BCUT2D eigenvalue weighted by atomic mass is 16.5. The summed E-state index contributed by atoms with van der Waals surface area (Å²) in [6.45, 7) is 3.32. The number of ether oxygens (including phenoxy) is 1. The fourth-order valence-electron chi connectivity index (χ4n) is 4.21. The number of rotatable bonds is 5. The molecule has 1 aromatic heterocycles. The smallest absolute Gasteiger partial charge is 0.251 e. The number of carbonyl (C=O) groups is 2. The van der Waals surface area contributed by atoms with Crippen molar-refractivity contribution in [3.8, 4) is 17.0 Å². The molecule has 2 amide bonds. The molecule has 4 N–H and O–H groups in total. The zero-order valence-electron chi connectivity index (χ0n) is 16.9. The zero-order chi connectivity index (χ0) is 21.1. The predicted octanol–water partition coefficient (Wildman–Crippen LogP) is 1.16. The van der Waals surface area contributed by atoms with Gasteiger partial charge in [-0.2, -0.15) is 0 Å². The average molecular weight is 410 g/mol. The zero-order valence-corrected chi connectivity index (χ0v) is 16.9. The number of aromatic nitrogens is 1. The molecule has 4 rings (SSSR count). The van der Waals surface area contributed by atoms with Crippen LogP contribution in [0.4, 0.5) is 0 Å². The molecule has 1 unspecified atom stereocenters. The Bertz CT molecular complexity index is 939. The number of pyridine rings is 1. The second kappa shape index (κ2) is 8.41. The molecule has 8 nitrogen and oxygen atoms in total. The molecule has 0 aliphatic carbocycles. The standard InChI is InChI=1S/C22H26N4O4/c1-14(28)26-20-17-12-18(15-2-4-16(5-3-15)21(29)24-10-11-27)25-13-19(17)30-22(20)6-8-23-9-7-22/h2-5,12-13,20,23,27H,6-11H2,1H3,(H,24,29)(H,26,28). The summed E-state index contributed by atoms with van der Waals surface area (Å²) in [5.74, 6) is 0.384. The van der Waals surface area contributed by atoms with E-state index in [4.69, 9.17) is 9.84 Å². The maximum atomic E-state index is 12.0. The summed E-state index contributed by atoms with van der Waals surface area (Å²) in [7, 11) is 0. The lowest BCUT2D eigenvalue weighted by Crippen LogP contribution is -2.52. The predicted molar refractivity (Wildman–Crippen MR) is 111 cm³/mol. The summed E-state index contributed by atoms with van der Waals surface area (Å²) in [4.78, 5) is 28.5. The molecular weight excluding hydrogens is 384 g/mol. The Balaban J connectivity index is 1.62. The van der Waals surface area contributed by atoms with Gasteiger partial charge >= 0.3 is 0 Å². The summed E-state index contributed by atoms with van der Waals surface area (Å²) >= 11 is 0. The van der Waals surface area contributed by atoms with E-state index in [9.17, 15) is 9.59 Å². The van der Waals surface area contributed by atoms with E-state index >= 15 is 0 Å². The van der Waals surface area contributed by atoms with Crippen LogP contribution in [-0.4, -0.2) is 53.7 Å². The van der Waals surface area contributed by atoms with Crippen LogP contribution in [0.25, 0.3) is 11.3 Å². The van der Waals surface area contributed by atoms with Crippen molar-refractivity contribution in [1.82, 2.24) is 20.9 Å². The van der Waals surface area contributed by atoms with Gasteiger partial charge in [-0.3, -0.25) is 14.6 Å². The average Bonchev–Trinajstić information content (AvgIpc) is 3.04. The molecule has 0 saturated carbocycles. The van der Waals surface area contributed by atoms with Gasteiger partial charge < -0.3 is 25.8 Å². The normalized spacial score (nSPS) is 19.1. The molecule has 158 valence electrons. The number of benzene rings is 1. The molecule has 0 bridgehead atoms. The lowest BCUT2D eigenvalue weighted by atomic mass is 9.83. The third-order valence-corrected chi connectivity index (χ3v) is 5.69. The Kier molecular flexibility index (Phi) is 5.69. The van der Waals surface area contributed by atoms with Crippen LogP contribution in [0, 0.1) is 0 Å². The Morgan fingerprint density at radius 2 is 2.00 bits per heavy atom. The minimum atomic E-state index is -0.450. The van der Waals surface area contributed by atoms with Crippen LogP contribution in [0.3, 0.4) is 0 Å². The van der Waals surface area contributed by atoms with Gasteiger partial charge in [-0.25, -0.2) is 0 Å². The number of fused-ring (bicyclic) bond motifs is 1. The fourth-order valence-corrected chi connectivity index (χ4v) is 4.21. The summed E-state index contributed by atoms with van der Waals surface area (Å²) in [5.41, 5.74) is 2.61. The first-order chi connectivity index (χ1) is 14.5. The van der Waals surface area contributed by atoms with E-state index < -0.39 is 5.60 Å². The molecule has 1 spiro atoms. The summed E-state index contributed by atoms with van der Waals surface area (Å²) in [6.07, 6.45) is 3.33. The van der Waals surface area contributed by atoms with Gasteiger partial charge in [0.05, 0.1) is 24.5 Å². The van der Waals surface area contributed by atoms with Gasteiger partial charge in [0.1, 0.15) is 11.4 Å². The highest BCUT2D eigenvalue weighted by molar-refractivity contribution is 5.94. The number of nitrogens with zero attached hydrogens (tertiary/aromatic N) is 1. The maximum absolute atomic E-state index is 12.0. The molecule has 8 heteroatoms. The van der Waals surface area contributed by atoms with Crippen LogP contribution < -0.4 is 20.7 Å². The molecule has 2 aromatic rings. The van der Waals surface area contributed by atoms with Gasteiger partial charge in [-0.05, 0) is 31.3 Å². The van der Waals surface area contributed by atoms with Crippen molar-refractivity contribution >= 4 is 11.8 Å². The third-order valence-electron chi connectivity index (χ3n) is 5.69. The summed E-state index contributed by atoms with van der Waals surface area (Å²) in [5, 5.41) is 17.9. The highest BCUT2D eigenvalue weighted by Crippen LogP contribution is 2.48. The topological polar surface area (TPSA) is 113 Å². The van der Waals surface area contributed by atoms with E-state index in [0.717, 1.165) is 42.8 Å². The minimum absolute atomic E-state index is 0.0917. The second-order valence-corrected chi connectivity index (χ2v) is 7.71. The van der Waals surface area contributed by atoms with Crippen LogP contribution in [0.1, 0.15) is 41.7 Å². The molecule has 1 atom stereocenters. The number of piperidine rings is 1. The highest BCUT2D eigenvalue weighted by Gasteiger charge is 2.49. The Morgan fingerprint density at radius 1 is 1.27 bits per heavy atom. The minimum Gasteiger partial charge on any atom is -0.483 e. The molecule has 1 fully saturated rings. The van der Waals surface area contributed by atoms with E-state index in [0.29, 0.717) is 11.3 Å². The first-order valence-corrected chi connectivity index (χ1v) is 10.2.